The fourth-order valence-corrected chi connectivity index (χ4v) is 1.96. The summed E-state index contributed by atoms with van der Waals surface area (Å²) in [6, 6.07) is 12.1. The van der Waals surface area contributed by atoms with Crippen LogP contribution in [-0.4, -0.2) is 21.2 Å². The van der Waals surface area contributed by atoms with Crippen LogP contribution in [0, 0.1) is 0 Å². The van der Waals surface area contributed by atoms with Crippen LogP contribution in [0.2, 0.25) is 0 Å². The monoisotopic (exact) mass is 279 g/mol. The molecule has 3 rings (SSSR count). The lowest BCUT2D eigenvalue weighted by atomic mass is 10.2. The van der Waals surface area contributed by atoms with Gasteiger partial charge >= 0.3 is 0 Å². The first-order valence-electron chi connectivity index (χ1n) is 6.42. The zero-order chi connectivity index (χ0) is 14.7. The number of nitrogens with zero attached hydrogens (tertiary/aromatic N) is 1. The maximum atomic E-state index is 11.9. The Balaban J connectivity index is 1.69. The van der Waals surface area contributed by atoms with E-state index in [4.69, 9.17) is 0 Å². The fraction of sp³-hybridized carbons (Fsp3) is 0. The number of fused-ring (bicyclic) bond motifs is 1. The third kappa shape index (κ3) is 3.09. The van der Waals surface area contributed by atoms with Crippen molar-refractivity contribution in [3.05, 3.63) is 60.3 Å². The zero-order valence-corrected chi connectivity index (χ0v) is 11.1. The standard InChI is InChI=1S/C16H13N3O2/c20-14-5-1-11(2-6-14)3-8-16(21)18-13-4-7-15-12(9-13)10-17-19-15/h1-10,20H,(H,17,19)(H,18,21)/b8-3+. The molecule has 1 aromatic heterocycles. The van der Waals surface area contributed by atoms with E-state index < -0.39 is 0 Å². The average Bonchev–Trinajstić information content (AvgIpc) is 2.94. The number of benzene rings is 2. The molecule has 5 nitrogen and oxygen atoms in total. The molecule has 0 saturated heterocycles. The first-order chi connectivity index (χ1) is 10.2. The second kappa shape index (κ2) is 5.50. The number of aromatic hydroxyl groups is 1. The Hall–Kier alpha value is -3.08. The van der Waals surface area contributed by atoms with Crippen LogP contribution in [0.4, 0.5) is 5.69 Å². The molecule has 0 spiro atoms. The van der Waals surface area contributed by atoms with Crippen molar-refractivity contribution in [3.8, 4) is 5.75 Å². The summed E-state index contributed by atoms with van der Waals surface area (Å²) in [4.78, 5) is 11.9. The molecule has 0 bridgehead atoms. The number of carbonyl (C=O) groups is 1. The van der Waals surface area contributed by atoms with Crippen molar-refractivity contribution >= 4 is 28.6 Å². The van der Waals surface area contributed by atoms with E-state index in [-0.39, 0.29) is 11.7 Å². The number of phenols is 1. The van der Waals surface area contributed by atoms with Gasteiger partial charge in [-0.05, 0) is 42.0 Å². The van der Waals surface area contributed by atoms with Crippen LogP contribution in [0.25, 0.3) is 17.0 Å². The van der Waals surface area contributed by atoms with Gasteiger partial charge in [0, 0.05) is 17.1 Å². The molecule has 21 heavy (non-hydrogen) atoms. The number of anilines is 1. The molecule has 0 atom stereocenters. The van der Waals surface area contributed by atoms with Crippen LogP contribution in [0.15, 0.2) is 54.7 Å². The number of aromatic amines is 1. The third-order valence-corrected chi connectivity index (χ3v) is 3.03. The van der Waals surface area contributed by atoms with Crippen molar-refractivity contribution in [2.75, 3.05) is 5.32 Å². The highest BCUT2D eigenvalue weighted by molar-refractivity contribution is 6.02. The number of aromatic nitrogens is 2. The van der Waals surface area contributed by atoms with E-state index in [0.717, 1.165) is 16.5 Å². The summed E-state index contributed by atoms with van der Waals surface area (Å²) >= 11 is 0. The van der Waals surface area contributed by atoms with Gasteiger partial charge < -0.3 is 10.4 Å². The summed E-state index contributed by atoms with van der Waals surface area (Å²) in [6.45, 7) is 0. The Morgan fingerprint density at radius 3 is 2.81 bits per heavy atom. The highest BCUT2D eigenvalue weighted by Crippen LogP contribution is 2.17. The molecule has 3 N–H and O–H groups in total. The summed E-state index contributed by atoms with van der Waals surface area (Å²) in [5.41, 5.74) is 2.48. The molecule has 0 saturated carbocycles. The van der Waals surface area contributed by atoms with Crippen molar-refractivity contribution in [2.45, 2.75) is 0 Å². The van der Waals surface area contributed by atoms with E-state index in [1.165, 1.54) is 6.08 Å². The normalized spacial score (nSPS) is 11.0. The minimum atomic E-state index is -0.217. The number of H-pyrrole nitrogens is 1. The van der Waals surface area contributed by atoms with Gasteiger partial charge in [0.2, 0.25) is 5.91 Å². The number of rotatable bonds is 3. The quantitative estimate of drug-likeness (QED) is 0.645. The molecule has 3 aromatic rings. The van der Waals surface area contributed by atoms with Crippen molar-refractivity contribution in [1.82, 2.24) is 10.2 Å². The first-order valence-corrected chi connectivity index (χ1v) is 6.42. The van der Waals surface area contributed by atoms with Crippen LogP contribution in [0.1, 0.15) is 5.56 Å². The van der Waals surface area contributed by atoms with Crippen molar-refractivity contribution in [1.29, 1.82) is 0 Å². The van der Waals surface area contributed by atoms with E-state index in [0.29, 0.717) is 5.69 Å². The molecule has 1 amide bonds. The van der Waals surface area contributed by atoms with E-state index >= 15 is 0 Å². The van der Waals surface area contributed by atoms with Crippen molar-refractivity contribution in [3.63, 3.8) is 0 Å². The smallest absolute Gasteiger partial charge is 0.248 e. The summed E-state index contributed by atoms with van der Waals surface area (Å²) in [6.07, 6.45) is 4.84. The predicted molar refractivity (Wildman–Crippen MR) is 81.9 cm³/mol. The molecule has 0 aliphatic heterocycles. The largest absolute Gasteiger partial charge is 0.508 e. The molecule has 104 valence electrons. The molecule has 2 aromatic carbocycles. The molecule has 5 heteroatoms. The van der Waals surface area contributed by atoms with Crippen LogP contribution in [0.3, 0.4) is 0 Å². The number of hydrogen-bond donors (Lipinski definition) is 3. The second-order valence-electron chi connectivity index (χ2n) is 4.59. The lowest BCUT2D eigenvalue weighted by Crippen LogP contribution is -2.07. The van der Waals surface area contributed by atoms with Gasteiger partial charge in [-0.15, -0.1) is 0 Å². The summed E-state index contributed by atoms with van der Waals surface area (Å²) in [5, 5.41) is 19.7. The van der Waals surface area contributed by atoms with Gasteiger partial charge in [-0.3, -0.25) is 9.89 Å². The molecule has 0 radical (unpaired) electrons. The fourth-order valence-electron chi connectivity index (χ4n) is 1.96. The molecule has 0 aliphatic rings. The molecular weight excluding hydrogens is 266 g/mol. The SMILES string of the molecule is O=C(/C=C/c1ccc(O)cc1)Nc1ccc2[nH]ncc2c1. The van der Waals surface area contributed by atoms with Gasteiger partial charge in [-0.1, -0.05) is 12.1 Å². The van der Waals surface area contributed by atoms with Gasteiger partial charge in [0.05, 0.1) is 11.7 Å². The topological polar surface area (TPSA) is 78.0 Å². The second-order valence-corrected chi connectivity index (χ2v) is 4.59. The lowest BCUT2D eigenvalue weighted by Gasteiger charge is -2.02. The van der Waals surface area contributed by atoms with Crippen molar-refractivity contribution < 1.29 is 9.90 Å². The number of phenolic OH excluding ortho intramolecular Hbond substituents is 1. The van der Waals surface area contributed by atoms with E-state index in [9.17, 15) is 9.90 Å². The highest BCUT2D eigenvalue weighted by atomic mass is 16.3. The van der Waals surface area contributed by atoms with E-state index in [2.05, 4.69) is 15.5 Å². The van der Waals surface area contributed by atoms with Gasteiger partial charge in [-0.25, -0.2) is 0 Å². The van der Waals surface area contributed by atoms with Gasteiger partial charge in [-0.2, -0.15) is 5.10 Å². The highest BCUT2D eigenvalue weighted by Gasteiger charge is 2.01. The maximum absolute atomic E-state index is 11.9. The lowest BCUT2D eigenvalue weighted by molar-refractivity contribution is -0.111. The Bertz CT molecular complexity index is 804. The Morgan fingerprint density at radius 1 is 1.19 bits per heavy atom. The van der Waals surface area contributed by atoms with Gasteiger partial charge in [0.15, 0.2) is 0 Å². The predicted octanol–water partition coefficient (Wildman–Crippen LogP) is 2.92. The summed E-state index contributed by atoms with van der Waals surface area (Å²) in [5.74, 6) is -0.0177. The Morgan fingerprint density at radius 2 is 2.00 bits per heavy atom. The summed E-state index contributed by atoms with van der Waals surface area (Å²) < 4.78 is 0. The minimum Gasteiger partial charge on any atom is -0.508 e. The Labute approximate surface area is 120 Å². The number of nitrogens with one attached hydrogen (secondary N) is 2. The van der Waals surface area contributed by atoms with Crippen LogP contribution in [0.5, 0.6) is 5.75 Å². The van der Waals surface area contributed by atoms with Crippen LogP contribution in [-0.2, 0) is 4.79 Å². The van der Waals surface area contributed by atoms with Gasteiger partial charge in [0.25, 0.3) is 0 Å². The molecule has 0 unspecified atom stereocenters. The van der Waals surface area contributed by atoms with E-state index in [1.807, 2.05) is 18.2 Å². The van der Waals surface area contributed by atoms with Crippen LogP contribution >= 0.6 is 0 Å². The molecule has 0 aliphatic carbocycles. The Kier molecular flexibility index (Phi) is 3.39. The minimum absolute atomic E-state index is 0.199. The molecule has 1 heterocycles. The van der Waals surface area contributed by atoms with Crippen molar-refractivity contribution in [2.24, 2.45) is 0 Å². The number of hydrogen-bond acceptors (Lipinski definition) is 3. The number of carbonyl (C=O) groups excluding carboxylic acids is 1. The first kappa shape index (κ1) is 12.9. The zero-order valence-electron chi connectivity index (χ0n) is 11.1. The third-order valence-electron chi connectivity index (χ3n) is 3.03. The maximum Gasteiger partial charge on any atom is 0.248 e. The average molecular weight is 279 g/mol. The number of amides is 1. The molecular formula is C16H13N3O2. The van der Waals surface area contributed by atoms with Gasteiger partial charge in [0.1, 0.15) is 5.75 Å². The van der Waals surface area contributed by atoms with E-state index in [1.54, 1.807) is 36.5 Å². The molecule has 0 fully saturated rings. The van der Waals surface area contributed by atoms with Crippen LogP contribution < -0.4 is 5.32 Å². The summed E-state index contributed by atoms with van der Waals surface area (Å²) in [7, 11) is 0.